The third-order valence-corrected chi connectivity index (χ3v) is 4.23. The smallest absolute Gasteiger partial charge is 0.408 e. The summed E-state index contributed by atoms with van der Waals surface area (Å²) in [6.07, 6.45) is 1.52. The molecule has 0 saturated carbocycles. The summed E-state index contributed by atoms with van der Waals surface area (Å²) in [5.41, 5.74) is 1.74. The van der Waals surface area contributed by atoms with Gasteiger partial charge in [0.15, 0.2) is 5.58 Å². The van der Waals surface area contributed by atoms with Crippen LogP contribution in [0, 0.1) is 6.92 Å². The molecule has 0 aliphatic carbocycles. The zero-order valence-electron chi connectivity index (χ0n) is 11.0. The second kappa shape index (κ2) is 4.74. The van der Waals surface area contributed by atoms with Crippen LogP contribution in [-0.2, 0) is 10.0 Å². The van der Waals surface area contributed by atoms with Crippen LogP contribution in [0.3, 0.4) is 0 Å². The van der Waals surface area contributed by atoms with E-state index in [9.17, 15) is 13.2 Å². The molecule has 0 aliphatic rings. The van der Waals surface area contributed by atoms with Crippen molar-refractivity contribution >= 4 is 26.8 Å². The van der Waals surface area contributed by atoms with E-state index in [2.05, 4.69) is 14.7 Å². The fraction of sp³-hybridized carbons (Fsp3) is 0.0769. The summed E-state index contributed by atoms with van der Waals surface area (Å²) in [6, 6.07) is 7.34. The Labute approximate surface area is 119 Å². The van der Waals surface area contributed by atoms with Crippen molar-refractivity contribution in [1.82, 2.24) is 9.97 Å². The molecule has 0 radical (unpaired) electrons. The molecule has 2 N–H and O–H groups in total. The number of rotatable bonds is 3. The van der Waals surface area contributed by atoms with Crippen LogP contribution >= 0.6 is 0 Å². The van der Waals surface area contributed by atoms with E-state index >= 15 is 0 Å². The summed E-state index contributed by atoms with van der Waals surface area (Å²) in [5.74, 6) is -0.628. The predicted molar refractivity (Wildman–Crippen MR) is 76.6 cm³/mol. The van der Waals surface area contributed by atoms with E-state index in [1.54, 1.807) is 19.1 Å². The lowest BCUT2D eigenvalue weighted by molar-refractivity contribution is 0.554. The zero-order valence-corrected chi connectivity index (χ0v) is 11.8. The number of fused-ring (bicyclic) bond motifs is 1. The molecule has 108 valence electrons. The molecule has 0 spiro atoms. The molecule has 21 heavy (non-hydrogen) atoms. The van der Waals surface area contributed by atoms with Gasteiger partial charge in [0.1, 0.15) is 0 Å². The molecular weight excluding hydrogens is 294 g/mol. The Bertz CT molecular complexity index is 972. The molecule has 3 aromatic rings. The molecule has 0 bridgehead atoms. The van der Waals surface area contributed by atoms with Gasteiger partial charge in [-0.15, -0.1) is 0 Å². The van der Waals surface area contributed by atoms with Crippen molar-refractivity contribution in [2.24, 2.45) is 0 Å². The summed E-state index contributed by atoms with van der Waals surface area (Å²) in [7, 11) is -3.77. The maximum atomic E-state index is 12.3. The number of aromatic nitrogens is 2. The van der Waals surface area contributed by atoms with Crippen LogP contribution in [0.5, 0.6) is 0 Å². The van der Waals surface area contributed by atoms with Gasteiger partial charge in [0.05, 0.1) is 16.1 Å². The van der Waals surface area contributed by atoms with Gasteiger partial charge in [0, 0.05) is 18.0 Å². The van der Waals surface area contributed by atoms with Gasteiger partial charge >= 0.3 is 5.76 Å². The second-order valence-corrected chi connectivity index (χ2v) is 6.15. The minimum absolute atomic E-state index is 0.00668. The van der Waals surface area contributed by atoms with Gasteiger partial charge in [-0.25, -0.2) is 13.2 Å². The van der Waals surface area contributed by atoms with Gasteiger partial charge in [-0.2, -0.15) is 0 Å². The molecule has 0 aliphatic heterocycles. The van der Waals surface area contributed by atoms with Gasteiger partial charge in [-0.1, -0.05) is 0 Å². The van der Waals surface area contributed by atoms with Crippen LogP contribution in [0.2, 0.25) is 0 Å². The van der Waals surface area contributed by atoms with Gasteiger partial charge < -0.3 is 4.42 Å². The minimum atomic E-state index is -3.77. The monoisotopic (exact) mass is 305 g/mol. The minimum Gasteiger partial charge on any atom is -0.408 e. The van der Waals surface area contributed by atoms with E-state index in [0.29, 0.717) is 16.9 Å². The summed E-state index contributed by atoms with van der Waals surface area (Å²) in [5, 5.41) is 0. The Kier molecular flexibility index (Phi) is 3.02. The molecule has 0 amide bonds. The highest BCUT2D eigenvalue weighted by Crippen LogP contribution is 2.19. The van der Waals surface area contributed by atoms with Crippen molar-refractivity contribution in [2.45, 2.75) is 11.8 Å². The number of benzene rings is 1. The van der Waals surface area contributed by atoms with E-state index in [1.165, 1.54) is 24.4 Å². The number of oxazole rings is 1. The molecule has 2 aromatic heterocycles. The van der Waals surface area contributed by atoms with Crippen molar-refractivity contribution in [1.29, 1.82) is 0 Å². The van der Waals surface area contributed by atoms with E-state index in [1.807, 2.05) is 0 Å². The van der Waals surface area contributed by atoms with Crippen molar-refractivity contribution in [3.8, 4) is 0 Å². The normalized spacial score (nSPS) is 11.7. The van der Waals surface area contributed by atoms with Gasteiger partial charge in [-0.3, -0.25) is 14.7 Å². The molecule has 0 atom stereocenters. The number of nitrogens with zero attached hydrogens (tertiary/aromatic N) is 1. The number of anilines is 1. The highest BCUT2D eigenvalue weighted by molar-refractivity contribution is 7.92. The van der Waals surface area contributed by atoms with E-state index in [4.69, 9.17) is 4.42 Å². The van der Waals surface area contributed by atoms with Crippen molar-refractivity contribution < 1.29 is 12.8 Å². The SMILES string of the molecule is Cc1cc(NS(=O)(=O)c2ccc3[nH]c(=O)oc3c2)ccn1. The number of H-pyrrole nitrogens is 1. The predicted octanol–water partition coefficient (Wildman–Crippen LogP) is 1.63. The van der Waals surface area contributed by atoms with Crippen LogP contribution in [0.1, 0.15) is 5.69 Å². The highest BCUT2D eigenvalue weighted by atomic mass is 32.2. The van der Waals surface area contributed by atoms with Gasteiger partial charge in [0.25, 0.3) is 10.0 Å². The molecule has 7 nitrogen and oxygen atoms in total. The molecule has 1 aromatic carbocycles. The lowest BCUT2D eigenvalue weighted by Gasteiger charge is -2.08. The Morgan fingerprint density at radius 1 is 1.24 bits per heavy atom. The van der Waals surface area contributed by atoms with E-state index < -0.39 is 15.8 Å². The first-order valence-electron chi connectivity index (χ1n) is 6.02. The fourth-order valence-corrected chi connectivity index (χ4v) is 2.98. The van der Waals surface area contributed by atoms with E-state index in [-0.39, 0.29) is 10.5 Å². The van der Waals surface area contributed by atoms with Crippen LogP contribution in [0.4, 0.5) is 5.69 Å². The van der Waals surface area contributed by atoms with E-state index in [0.717, 1.165) is 0 Å². The third-order valence-electron chi connectivity index (χ3n) is 2.85. The fourth-order valence-electron chi connectivity index (χ4n) is 1.92. The Hall–Kier alpha value is -2.61. The molecule has 0 unspecified atom stereocenters. The standard InChI is InChI=1S/C13H11N3O4S/c1-8-6-9(4-5-14-8)16-21(18,19)10-2-3-11-12(7-10)20-13(17)15-11/h2-7H,1H3,(H,14,16)(H,15,17). The number of aryl methyl sites for hydroxylation is 1. The summed E-state index contributed by atoms with van der Waals surface area (Å²) < 4.78 is 31.9. The molecular formula is C13H11N3O4S. The topological polar surface area (TPSA) is 105 Å². The number of aromatic amines is 1. The third kappa shape index (κ3) is 2.65. The average Bonchev–Trinajstić information content (AvgIpc) is 2.77. The lowest BCUT2D eigenvalue weighted by atomic mass is 10.3. The Balaban J connectivity index is 2.01. The highest BCUT2D eigenvalue weighted by Gasteiger charge is 2.16. The quantitative estimate of drug-likeness (QED) is 0.765. The summed E-state index contributed by atoms with van der Waals surface area (Å²) in [6.45, 7) is 1.76. The van der Waals surface area contributed by atoms with Crippen LogP contribution in [-0.4, -0.2) is 18.4 Å². The molecule has 8 heteroatoms. The van der Waals surface area contributed by atoms with Crippen molar-refractivity contribution in [3.63, 3.8) is 0 Å². The Morgan fingerprint density at radius 3 is 2.81 bits per heavy atom. The van der Waals surface area contributed by atoms with Crippen molar-refractivity contribution in [3.05, 3.63) is 52.8 Å². The zero-order chi connectivity index (χ0) is 15.0. The largest absolute Gasteiger partial charge is 0.417 e. The number of hydrogen-bond acceptors (Lipinski definition) is 5. The first-order valence-corrected chi connectivity index (χ1v) is 7.51. The second-order valence-electron chi connectivity index (χ2n) is 4.46. The Morgan fingerprint density at radius 2 is 2.05 bits per heavy atom. The molecule has 3 rings (SSSR count). The molecule has 0 fully saturated rings. The number of nitrogens with one attached hydrogen (secondary N) is 2. The molecule has 2 heterocycles. The van der Waals surface area contributed by atoms with Crippen LogP contribution < -0.4 is 10.5 Å². The summed E-state index contributed by atoms with van der Waals surface area (Å²) >= 11 is 0. The molecule has 0 saturated heterocycles. The first-order chi connectivity index (χ1) is 9.94. The van der Waals surface area contributed by atoms with Gasteiger partial charge in [0.2, 0.25) is 0 Å². The van der Waals surface area contributed by atoms with Crippen LogP contribution in [0.25, 0.3) is 11.1 Å². The lowest BCUT2D eigenvalue weighted by Crippen LogP contribution is -2.13. The maximum absolute atomic E-state index is 12.3. The van der Waals surface area contributed by atoms with Gasteiger partial charge in [-0.05, 0) is 31.2 Å². The summed E-state index contributed by atoms with van der Waals surface area (Å²) in [4.78, 5) is 17.5. The first kappa shape index (κ1) is 13.4. The number of hydrogen-bond donors (Lipinski definition) is 2. The number of pyridine rings is 1. The van der Waals surface area contributed by atoms with Crippen molar-refractivity contribution in [2.75, 3.05) is 4.72 Å². The maximum Gasteiger partial charge on any atom is 0.417 e. The number of sulfonamides is 1. The van der Waals surface area contributed by atoms with Crippen LogP contribution in [0.15, 0.2) is 50.6 Å². The average molecular weight is 305 g/mol.